The number of hydrogen-bond donors (Lipinski definition) is 2. The fourth-order valence-electron chi connectivity index (χ4n) is 2.15. The van der Waals surface area contributed by atoms with Gasteiger partial charge in [0.05, 0.1) is 11.7 Å². The van der Waals surface area contributed by atoms with Crippen LogP contribution in [-0.4, -0.2) is 23.0 Å². The monoisotopic (exact) mass is 237 g/mol. The first-order valence-corrected chi connectivity index (χ1v) is 5.84. The minimum absolute atomic E-state index is 0.0865. The summed E-state index contributed by atoms with van der Waals surface area (Å²) in [6, 6.07) is 2.74. The zero-order valence-electron chi connectivity index (χ0n) is 9.79. The Balaban J connectivity index is 2.08. The number of halogens is 1. The standard InChI is InChI=1S/C12H16FN3O/c1-2-12(6-3-7-15-12)11(17)16-10-5-4-9(13)8-14-10/h4-5,8,15H,2-3,6-7H2,1H3,(H,14,16,17). The van der Waals surface area contributed by atoms with Gasteiger partial charge in [-0.05, 0) is 37.9 Å². The number of pyridine rings is 1. The molecule has 1 atom stereocenters. The smallest absolute Gasteiger partial charge is 0.245 e. The average molecular weight is 237 g/mol. The first kappa shape index (κ1) is 12.0. The van der Waals surface area contributed by atoms with Crippen LogP contribution in [0.4, 0.5) is 10.2 Å². The van der Waals surface area contributed by atoms with Crippen LogP contribution in [-0.2, 0) is 4.79 Å². The Morgan fingerprint density at radius 2 is 2.47 bits per heavy atom. The van der Waals surface area contributed by atoms with Crippen molar-refractivity contribution >= 4 is 11.7 Å². The molecule has 0 aliphatic carbocycles. The van der Waals surface area contributed by atoms with Crippen LogP contribution in [0.25, 0.3) is 0 Å². The van der Waals surface area contributed by atoms with E-state index < -0.39 is 11.4 Å². The second kappa shape index (κ2) is 4.79. The average Bonchev–Trinajstić information content (AvgIpc) is 2.82. The number of anilines is 1. The number of nitrogens with zero attached hydrogens (tertiary/aromatic N) is 1. The van der Waals surface area contributed by atoms with Gasteiger partial charge in [-0.1, -0.05) is 6.92 Å². The fourth-order valence-corrected chi connectivity index (χ4v) is 2.15. The van der Waals surface area contributed by atoms with E-state index in [2.05, 4.69) is 15.6 Å². The Morgan fingerprint density at radius 3 is 3.00 bits per heavy atom. The summed E-state index contributed by atoms with van der Waals surface area (Å²) >= 11 is 0. The van der Waals surface area contributed by atoms with Gasteiger partial charge in [-0.25, -0.2) is 9.37 Å². The van der Waals surface area contributed by atoms with Crippen LogP contribution in [0.2, 0.25) is 0 Å². The first-order chi connectivity index (χ1) is 8.16. The van der Waals surface area contributed by atoms with E-state index in [-0.39, 0.29) is 5.91 Å². The predicted octanol–water partition coefficient (Wildman–Crippen LogP) is 1.69. The molecule has 1 unspecified atom stereocenters. The van der Waals surface area contributed by atoms with Gasteiger partial charge in [0.25, 0.3) is 0 Å². The number of nitrogens with one attached hydrogen (secondary N) is 2. The highest BCUT2D eigenvalue weighted by atomic mass is 19.1. The largest absolute Gasteiger partial charge is 0.309 e. The molecule has 0 saturated carbocycles. The van der Waals surface area contributed by atoms with Crippen LogP contribution >= 0.6 is 0 Å². The molecule has 92 valence electrons. The summed E-state index contributed by atoms with van der Waals surface area (Å²) in [6.07, 6.45) is 3.66. The van der Waals surface area contributed by atoms with Gasteiger partial charge < -0.3 is 10.6 Å². The van der Waals surface area contributed by atoms with Crippen molar-refractivity contribution in [2.24, 2.45) is 0 Å². The molecule has 2 rings (SSSR count). The Kier molecular flexibility index (Phi) is 3.38. The molecule has 1 fully saturated rings. The fraction of sp³-hybridized carbons (Fsp3) is 0.500. The van der Waals surface area contributed by atoms with E-state index in [1.165, 1.54) is 12.1 Å². The van der Waals surface area contributed by atoms with E-state index in [9.17, 15) is 9.18 Å². The Labute approximate surface area is 99.6 Å². The number of rotatable bonds is 3. The number of aromatic nitrogens is 1. The summed E-state index contributed by atoms with van der Waals surface area (Å²) in [5, 5.41) is 5.96. The zero-order valence-corrected chi connectivity index (χ0v) is 9.79. The van der Waals surface area contributed by atoms with Crippen molar-refractivity contribution in [2.45, 2.75) is 31.7 Å². The maximum atomic E-state index is 12.7. The van der Waals surface area contributed by atoms with Gasteiger partial charge in [0, 0.05) is 0 Å². The van der Waals surface area contributed by atoms with Crippen LogP contribution in [0.1, 0.15) is 26.2 Å². The maximum Gasteiger partial charge on any atom is 0.245 e. The molecule has 4 nitrogen and oxygen atoms in total. The SMILES string of the molecule is CCC1(C(=O)Nc2ccc(F)cn2)CCCN1. The number of carbonyl (C=O) groups excluding carboxylic acids is 1. The summed E-state index contributed by atoms with van der Waals surface area (Å²) in [5.74, 6) is -0.110. The van der Waals surface area contributed by atoms with Crippen molar-refractivity contribution in [3.8, 4) is 0 Å². The Morgan fingerprint density at radius 1 is 1.65 bits per heavy atom. The molecule has 1 aromatic heterocycles. The van der Waals surface area contributed by atoms with Gasteiger partial charge >= 0.3 is 0 Å². The third-order valence-corrected chi connectivity index (χ3v) is 3.25. The van der Waals surface area contributed by atoms with E-state index >= 15 is 0 Å². The molecule has 5 heteroatoms. The van der Waals surface area contributed by atoms with Crippen LogP contribution < -0.4 is 10.6 Å². The van der Waals surface area contributed by atoms with E-state index in [1.54, 1.807) is 0 Å². The van der Waals surface area contributed by atoms with Crippen LogP contribution in [0.15, 0.2) is 18.3 Å². The minimum atomic E-state index is -0.490. The predicted molar refractivity (Wildman–Crippen MR) is 63.1 cm³/mol. The molecule has 0 bridgehead atoms. The maximum absolute atomic E-state index is 12.7. The molecule has 1 aromatic rings. The van der Waals surface area contributed by atoms with Crippen molar-refractivity contribution in [1.82, 2.24) is 10.3 Å². The number of amides is 1. The van der Waals surface area contributed by atoms with E-state index in [4.69, 9.17) is 0 Å². The molecular weight excluding hydrogens is 221 g/mol. The van der Waals surface area contributed by atoms with Crippen molar-refractivity contribution < 1.29 is 9.18 Å². The number of carbonyl (C=O) groups is 1. The lowest BCUT2D eigenvalue weighted by molar-refractivity contribution is -0.122. The lowest BCUT2D eigenvalue weighted by Crippen LogP contribution is -2.50. The third-order valence-electron chi connectivity index (χ3n) is 3.25. The number of hydrogen-bond acceptors (Lipinski definition) is 3. The molecule has 17 heavy (non-hydrogen) atoms. The Bertz CT molecular complexity index is 399. The quantitative estimate of drug-likeness (QED) is 0.841. The molecule has 0 aromatic carbocycles. The molecule has 2 N–H and O–H groups in total. The van der Waals surface area contributed by atoms with E-state index in [1.807, 2.05) is 6.92 Å². The second-order valence-electron chi connectivity index (χ2n) is 4.28. The molecule has 2 heterocycles. The molecule has 0 radical (unpaired) electrons. The summed E-state index contributed by atoms with van der Waals surface area (Å²) in [7, 11) is 0. The molecule has 0 spiro atoms. The third kappa shape index (κ3) is 2.44. The molecule has 1 saturated heterocycles. The second-order valence-corrected chi connectivity index (χ2v) is 4.28. The molecule has 1 amide bonds. The summed E-state index contributed by atoms with van der Waals surface area (Å²) in [6.45, 7) is 2.84. The van der Waals surface area contributed by atoms with Crippen molar-refractivity contribution in [3.63, 3.8) is 0 Å². The van der Waals surface area contributed by atoms with Crippen molar-refractivity contribution in [3.05, 3.63) is 24.1 Å². The van der Waals surface area contributed by atoms with Gasteiger partial charge in [-0.3, -0.25) is 4.79 Å². The Hall–Kier alpha value is -1.49. The van der Waals surface area contributed by atoms with Gasteiger partial charge in [0.15, 0.2) is 0 Å². The topological polar surface area (TPSA) is 54.0 Å². The summed E-state index contributed by atoms with van der Waals surface area (Å²) in [4.78, 5) is 16.0. The first-order valence-electron chi connectivity index (χ1n) is 5.84. The highest BCUT2D eigenvalue weighted by Crippen LogP contribution is 2.24. The molecule has 1 aliphatic rings. The van der Waals surface area contributed by atoms with Crippen molar-refractivity contribution in [2.75, 3.05) is 11.9 Å². The van der Waals surface area contributed by atoms with Gasteiger partial charge in [-0.2, -0.15) is 0 Å². The van der Waals surface area contributed by atoms with E-state index in [0.29, 0.717) is 5.82 Å². The highest BCUT2D eigenvalue weighted by Gasteiger charge is 2.39. The van der Waals surface area contributed by atoms with Gasteiger partial charge in [0.2, 0.25) is 5.91 Å². The zero-order chi connectivity index (χ0) is 12.3. The molecule has 1 aliphatic heterocycles. The van der Waals surface area contributed by atoms with Crippen LogP contribution in [0.3, 0.4) is 0 Å². The van der Waals surface area contributed by atoms with Crippen molar-refractivity contribution in [1.29, 1.82) is 0 Å². The van der Waals surface area contributed by atoms with Gasteiger partial charge in [0.1, 0.15) is 11.6 Å². The van der Waals surface area contributed by atoms with E-state index in [0.717, 1.165) is 32.0 Å². The lowest BCUT2D eigenvalue weighted by atomic mass is 9.93. The lowest BCUT2D eigenvalue weighted by Gasteiger charge is -2.26. The van der Waals surface area contributed by atoms with Crippen LogP contribution in [0, 0.1) is 5.82 Å². The normalized spacial score (nSPS) is 23.6. The summed E-state index contributed by atoms with van der Waals surface area (Å²) < 4.78 is 12.7. The van der Waals surface area contributed by atoms with Gasteiger partial charge in [-0.15, -0.1) is 0 Å². The van der Waals surface area contributed by atoms with Crippen LogP contribution in [0.5, 0.6) is 0 Å². The minimum Gasteiger partial charge on any atom is -0.309 e. The molecular formula is C12H16FN3O. The summed E-state index contributed by atoms with van der Waals surface area (Å²) in [5.41, 5.74) is -0.490. The highest BCUT2D eigenvalue weighted by molar-refractivity contribution is 5.97.